The number of aryl methyl sites for hydroxylation is 1. The second-order valence-electron chi connectivity index (χ2n) is 6.90. The number of nitrogens with one attached hydrogen (secondary N) is 1. The molecule has 0 saturated carbocycles. The van der Waals surface area contributed by atoms with Crippen molar-refractivity contribution in [1.82, 2.24) is 14.7 Å². The molecule has 2 aromatic heterocycles. The summed E-state index contributed by atoms with van der Waals surface area (Å²) in [6, 6.07) is 15.7. The van der Waals surface area contributed by atoms with Gasteiger partial charge >= 0.3 is 0 Å². The summed E-state index contributed by atoms with van der Waals surface area (Å²) in [5.41, 5.74) is 2.94. The van der Waals surface area contributed by atoms with E-state index in [1.807, 2.05) is 24.3 Å². The number of methoxy groups -OCH3 is 1. The van der Waals surface area contributed by atoms with Gasteiger partial charge in [-0.3, -0.25) is 4.79 Å². The lowest BCUT2D eigenvalue weighted by Gasteiger charge is -2.09. The number of ether oxygens (including phenoxy) is 1. The van der Waals surface area contributed by atoms with Crippen LogP contribution in [0.25, 0.3) is 23.0 Å². The molecule has 8 heteroatoms. The Kier molecular flexibility index (Phi) is 5.79. The minimum absolute atomic E-state index is 0.0769. The molecule has 0 fully saturated rings. The smallest absolute Gasteiger partial charge is 0.274 e. The molecule has 4 rings (SSSR count). The Bertz CT molecular complexity index is 1220. The molecule has 0 spiro atoms. The fourth-order valence-corrected chi connectivity index (χ4v) is 3.22. The number of nitrogens with zero attached hydrogens (tertiary/aromatic N) is 3. The van der Waals surface area contributed by atoms with Gasteiger partial charge in [-0.1, -0.05) is 24.2 Å². The van der Waals surface area contributed by atoms with Gasteiger partial charge in [0.2, 0.25) is 11.7 Å². The Morgan fingerprint density at radius 3 is 2.84 bits per heavy atom. The maximum absolute atomic E-state index is 14.0. The number of amides is 1. The summed E-state index contributed by atoms with van der Waals surface area (Å²) in [6.07, 6.45) is 2.65. The van der Waals surface area contributed by atoms with Crippen molar-refractivity contribution in [3.8, 4) is 28.7 Å². The number of carbonyl (C=O) groups excluding carboxylic acids is 1. The molecule has 0 aliphatic heterocycles. The molecule has 0 aliphatic rings. The molecule has 0 aliphatic carbocycles. The van der Waals surface area contributed by atoms with E-state index in [1.165, 1.54) is 19.2 Å². The van der Waals surface area contributed by atoms with Crippen molar-refractivity contribution in [2.45, 2.75) is 19.9 Å². The number of aromatic nitrogens is 3. The van der Waals surface area contributed by atoms with Crippen LogP contribution in [0.5, 0.6) is 5.75 Å². The van der Waals surface area contributed by atoms with Crippen LogP contribution in [0.3, 0.4) is 0 Å². The highest BCUT2D eigenvalue weighted by atomic mass is 19.1. The number of benzene rings is 2. The fourth-order valence-electron chi connectivity index (χ4n) is 3.22. The van der Waals surface area contributed by atoms with Crippen LogP contribution >= 0.6 is 0 Å². The minimum atomic E-state index is -0.515. The number of hydrogen-bond acceptors (Lipinski definition) is 5. The van der Waals surface area contributed by atoms with Gasteiger partial charge in [0.25, 0.3) is 5.89 Å². The second-order valence-corrected chi connectivity index (χ2v) is 6.90. The van der Waals surface area contributed by atoms with E-state index in [4.69, 9.17) is 9.26 Å². The summed E-state index contributed by atoms with van der Waals surface area (Å²) in [7, 11) is 1.40. The van der Waals surface area contributed by atoms with E-state index >= 15 is 0 Å². The van der Waals surface area contributed by atoms with E-state index in [0.717, 1.165) is 17.7 Å². The molecule has 2 aromatic carbocycles. The van der Waals surface area contributed by atoms with Gasteiger partial charge in [-0.15, -0.1) is 0 Å². The molecule has 0 atom stereocenters. The van der Waals surface area contributed by atoms with Crippen molar-refractivity contribution in [3.63, 3.8) is 0 Å². The van der Waals surface area contributed by atoms with Gasteiger partial charge in [0, 0.05) is 17.4 Å². The molecule has 31 heavy (non-hydrogen) atoms. The average Bonchev–Trinajstić information content (AvgIpc) is 3.43. The van der Waals surface area contributed by atoms with Gasteiger partial charge in [0.05, 0.1) is 7.11 Å². The van der Waals surface area contributed by atoms with Crippen molar-refractivity contribution in [1.29, 1.82) is 0 Å². The van der Waals surface area contributed by atoms with Crippen molar-refractivity contribution < 1.29 is 18.4 Å². The van der Waals surface area contributed by atoms with Crippen molar-refractivity contribution in [3.05, 3.63) is 72.2 Å². The number of anilines is 1. The summed E-state index contributed by atoms with van der Waals surface area (Å²) in [4.78, 5) is 16.9. The minimum Gasteiger partial charge on any atom is -0.494 e. The molecule has 0 unspecified atom stereocenters. The Hall–Kier alpha value is -3.94. The highest BCUT2D eigenvalue weighted by molar-refractivity contribution is 5.90. The molecule has 1 N–H and O–H groups in total. The Labute approximate surface area is 178 Å². The van der Waals surface area contributed by atoms with Crippen LogP contribution in [-0.2, 0) is 17.8 Å². The third-order valence-electron chi connectivity index (χ3n) is 4.82. The lowest BCUT2D eigenvalue weighted by molar-refractivity contribution is -0.116. The quantitative estimate of drug-likeness (QED) is 0.474. The molecule has 0 bridgehead atoms. The van der Waals surface area contributed by atoms with Gasteiger partial charge in [0.1, 0.15) is 12.2 Å². The fraction of sp³-hybridized carbons (Fsp3) is 0.174. The van der Waals surface area contributed by atoms with E-state index in [0.29, 0.717) is 11.3 Å². The number of hydrogen-bond donors (Lipinski definition) is 1. The highest BCUT2D eigenvalue weighted by Gasteiger charge is 2.16. The van der Waals surface area contributed by atoms with Gasteiger partial charge in [0.15, 0.2) is 11.6 Å². The predicted octanol–water partition coefficient (Wildman–Crippen LogP) is 4.55. The normalized spacial score (nSPS) is 10.8. The maximum Gasteiger partial charge on any atom is 0.274 e. The van der Waals surface area contributed by atoms with Gasteiger partial charge in [-0.05, 0) is 54.4 Å². The first kappa shape index (κ1) is 20.3. The first-order valence-electron chi connectivity index (χ1n) is 9.79. The summed E-state index contributed by atoms with van der Waals surface area (Å²) < 4.78 is 26.0. The molecule has 7 nitrogen and oxygen atoms in total. The Morgan fingerprint density at radius 1 is 1.19 bits per heavy atom. The van der Waals surface area contributed by atoms with E-state index < -0.39 is 5.82 Å². The summed E-state index contributed by atoms with van der Waals surface area (Å²) in [6.45, 7) is 2.14. The first-order chi connectivity index (χ1) is 15.1. The van der Waals surface area contributed by atoms with Crippen molar-refractivity contribution in [2.24, 2.45) is 0 Å². The monoisotopic (exact) mass is 420 g/mol. The van der Waals surface area contributed by atoms with Crippen LogP contribution in [0.1, 0.15) is 12.5 Å². The summed E-state index contributed by atoms with van der Waals surface area (Å²) in [5, 5.41) is 6.84. The maximum atomic E-state index is 14.0. The number of rotatable bonds is 7. The predicted molar refractivity (Wildman–Crippen MR) is 114 cm³/mol. The van der Waals surface area contributed by atoms with Crippen molar-refractivity contribution >= 4 is 11.6 Å². The average molecular weight is 420 g/mol. The van der Waals surface area contributed by atoms with E-state index in [2.05, 4.69) is 22.4 Å². The van der Waals surface area contributed by atoms with Crippen LogP contribution in [0.2, 0.25) is 0 Å². The Morgan fingerprint density at radius 2 is 2.06 bits per heavy atom. The zero-order valence-electron chi connectivity index (χ0n) is 17.1. The first-order valence-corrected chi connectivity index (χ1v) is 9.79. The molecule has 4 aromatic rings. The Balaban J connectivity index is 1.51. The largest absolute Gasteiger partial charge is 0.494 e. The van der Waals surface area contributed by atoms with Gasteiger partial charge in [-0.2, -0.15) is 4.98 Å². The molecular formula is C23H21FN4O3. The van der Waals surface area contributed by atoms with Gasteiger partial charge in [-0.25, -0.2) is 4.39 Å². The van der Waals surface area contributed by atoms with Crippen LogP contribution in [0.15, 0.2) is 65.3 Å². The van der Waals surface area contributed by atoms with E-state index in [9.17, 15) is 9.18 Å². The second kappa shape index (κ2) is 8.83. The van der Waals surface area contributed by atoms with Crippen LogP contribution in [0.4, 0.5) is 10.1 Å². The zero-order chi connectivity index (χ0) is 21.8. The number of halogens is 1. The van der Waals surface area contributed by atoms with E-state index in [-0.39, 0.29) is 29.9 Å². The number of carbonyl (C=O) groups is 1. The van der Waals surface area contributed by atoms with Crippen LogP contribution < -0.4 is 10.1 Å². The topological polar surface area (TPSA) is 82.2 Å². The third kappa shape index (κ3) is 4.48. The lowest BCUT2D eigenvalue weighted by Crippen LogP contribution is -2.18. The summed E-state index contributed by atoms with van der Waals surface area (Å²) >= 11 is 0. The SMILES string of the molecule is CCc1cccc(NC(=O)Cn2cccc2-c2nc(-c3ccc(OC)c(F)c3)no2)c1. The zero-order valence-corrected chi connectivity index (χ0v) is 17.1. The van der Waals surface area contributed by atoms with Gasteiger partial charge < -0.3 is 19.1 Å². The molecule has 0 saturated heterocycles. The third-order valence-corrected chi connectivity index (χ3v) is 4.82. The van der Waals surface area contributed by atoms with Crippen molar-refractivity contribution in [2.75, 3.05) is 12.4 Å². The molecule has 1 amide bonds. The van der Waals surface area contributed by atoms with Crippen LogP contribution in [-0.4, -0.2) is 27.7 Å². The van der Waals surface area contributed by atoms with Crippen LogP contribution in [0, 0.1) is 5.82 Å². The summed E-state index contributed by atoms with van der Waals surface area (Å²) in [5.74, 6) is -0.0832. The molecule has 158 valence electrons. The molecule has 2 heterocycles. The lowest BCUT2D eigenvalue weighted by atomic mass is 10.1. The van der Waals surface area contributed by atoms with E-state index in [1.54, 1.807) is 29.0 Å². The standard InChI is InChI=1S/C23H21FN4O3/c1-3-15-6-4-7-17(12-15)25-21(29)14-28-11-5-8-19(28)23-26-22(27-31-23)16-9-10-20(30-2)18(24)13-16/h4-13H,3,14H2,1-2H3,(H,25,29). The molecule has 0 radical (unpaired) electrons. The molecular weight excluding hydrogens is 399 g/mol. The highest BCUT2D eigenvalue weighted by Crippen LogP contribution is 2.26.